The largest absolute Gasteiger partial charge is 0.453 e. The van der Waals surface area contributed by atoms with Crippen LogP contribution in [0, 0.1) is 6.92 Å². The molecule has 138 valence electrons. The molecular formula is C15H21F3N6O. The number of aryl methyl sites for hydroxylation is 1. The molecule has 0 saturated carbocycles. The summed E-state index contributed by atoms with van der Waals surface area (Å²) in [6.45, 7) is 9.41. The van der Waals surface area contributed by atoms with Crippen LogP contribution in [0.1, 0.15) is 25.4 Å². The first-order chi connectivity index (χ1) is 11.7. The van der Waals surface area contributed by atoms with Crippen molar-refractivity contribution in [2.24, 2.45) is 0 Å². The van der Waals surface area contributed by atoms with Gasteiger partial charge in [-0.1, -0.05) is 0 Å². The maximum absolute atomic E-state index is 12.9. The quantitative estimate of drug-likeness (QED) is 0.901. The van der Waals surface area contributed by atoms with E-state index >= 15 is 0 Å². The third-order valence-electron chi connectivity index (χ3n) is 4.26. The number of rotatable bonds is 4. The van der Waals surface area contributed by atoms with Crippen LogP contribution in [0.3, 0.4) is 0 Å². The summed E-state index contributed by atoms with van der Waals surface area (Å²) in [7, 11) is 0. The number of hydrogen-bond acceptors (Lipinski definition) is 6. The first-order valence-electron chi connectivity index (χ1n) is 8.05. The van der Waals surface area contributed by atoms with Crippen molar-refractivity contribution >= 4 is 11.6 Å². The predicted molar refractivity (Wildman–Crippen MR) is 85.5 cm³/mol. The second-order valence-corrected chi connectivity index (χ2v) is 6.69. The summed E-state index contributed by atoms with van der Waals surface area (Å²) in [6.07, 6.45) is -4.61. The monoisotopic (exact) mass is 358 g/mol. The van der Waals surface area contributed by atoms with Gasteiger partial charge in [0.1, 0.15) is 5.82 Å². The van der Waals surface area contributed by atoms with Gasteiger partial charge in [-0.05, 0) is 20.8 Å². The smallest absolute Gasteiger partial charge is 0.379 e. The van der Waals surface area contributed by atoms with E-state index in [-0.39, 0.29) is 11.3 Å². The normalized spacial score (nSPS) is 17.2. The van der Waals surface area contributed by atoms with Crippen molar-refractivity contribution in [2.75, 3.05) is 38.2 Å². The molecule has 1 aliphatic rings. The van der Waals surface area contributed by atoms with Gasteiger partial charge in [-0.25, -0.2) is 4.98 Å². The van der Waals surface area contributed by atoms with Crippen molar-refractivity contribution in [1.82, 2.24) is 24.5 Å². The van der Waals surface area contributed by atoms with Gasteiger partial charge in [0, 0.05) is 36.9 Å². The second kappa shape index (κ2) is 6.41. The molecule has 0 bridgehead atoms. The van der Waals surface area contributed by atoms with E-state index in [2.05, 4.69) is 39.1 Å². The minimum atomic E-state index is -4.61. The van der Waals surface area contributed by atoms with E-state index < -0.39 is 12.0 Å². The Kier molecular flexibility index (Phi) is 4.58. The Morgan fingerprint density at radius 2 is 1.88 bits per heavy atom. The van der Waals surface area contributed by atoms with Crippen LogP contribution in [0.25, 0.3) is 5.78 Å². The Hall–Kier alpha value is -1.94. The molecule has 1 fully saturated rings. The fraction of sp³-hybridized carbons (Fsp3) is 0.667. The second-order valence-electron chi connectivity index (χ2n) is 6.69. The molecule has 0 atom stereocenters. The molecule has 7 nitrogen and oxygen atoms in total. The summed E-state index contributed by atoms with van der Waals surface area (Å²) >= 11 is 0. The molecular weight excluding hydrogens is 337 g/mol. The van der Waals surface area contributed by atoms with Crippen LogP contribution in [0.2, 0.25) is 0 Å². The van der Waals surface area contributed by atoms with Crippen LogP contribution in [0.5, 0.6) is 0 Å². The first kappa shape index (κ1) is 17.9. The number of fused-ring (bicyclic) bond motifs is 1. The van der Waals surface area contributed by atoms with Gasteiger partial charge in [-0.3, -0.25) is 4.90 Å². The SMILES string of the molecule is Cc1cc(NCC(C)(C)N2CCOCC2)n2nc(C(F)(F)F)nc2n1. The van der Waals surface area contributed by atoms with Gasteiger partial charge in [-0.15, -0.1) is 5.10 Å². The predicted octanol–water partition coefficient (Wildman–Crippen LogP) is 1.97. The highest BCUT2D eigenvalue weighted by Crippen LogP contribution is 2.27. The summed E-state index contributed by atoms with van der Waals surface area (Å²) in [5, 5.41) is 6.76. The van der Waals surface area contributed by atoms with Gasteiger partial charge in [0.25, 0.3) is 11.6 Å². The van der Waals surface area contributed by atoms with E-state index in [0.717, 1.165) is 17.6 Å². The third-order valence-corrected chi connectivity index (χ3v) is 4.26. The van der Waals surface area contributed by atoms with Crippen LogP contribution >= 0.6 is 0 Å². The zero-order valence-electron chi connectivity index (χ0n) is 14.4. The van der Waals surface area contributed by atoms with Crippen molar-refractivity contribution in [2.45, 2.75) is 32.5 Å². The Morgan fingerprint density at radius 3 is 2.52 bits per heavy atom. The van der Waals surface area contributed by atoms with E-state index in [1.54, 1.807) is 13.0 Å². The van der Waals surface area contributed by atoms with Crippen molar-refractivity contribution in [1.29, 1.82) is 0 Å². The number of nitrogens with zero attached hydrogens (tertiary/aromatic N) is 5. The maximum Gasteiger partial charge on any atom is 0.453 e. The van der Waals surface area contributed by atoms with Crippen LogP contribution < -0.4 is 5.32 Å². The Balaban J connectivity index is 1.84. The van der Waals surface area contributed by atoms with Crippen LogP contribution in [-0.2, 0) is 10.9 Å². The number of anilines is 1. The van der Waals surface area contributed by atoms with E-state index in [4.69, 9.17) is 4.74 Å². The van der Waals surface area contributed by atoms with Gasteiger partial charge in [0.15, 0.2) is 0 Å². The third kappa shape index (κ3) is 3.84. The molecule has 3 rings (SSSR count). The lowest BCUT2D eigenvalue weighted by molar-refractivity contribution is -0.144. The summed E-state index contributed by atoms with van der Waals surface area (Å²) < 4.78 is 45.1. The summed E-state index contributed by atoms with van der Waals surface area (Å²) in [5.74, 6) is -0.827. The molecule has 1 N–H and O–H groups in total. The standard InChI is InChI=1S/C15H21F3N6O/c1-10-8-11(19-9-14(2,3)23-4-6-25-7-5-23)24-13(20-10)21-12(22-24)15(16,17)18/h8,19H,4-7,9H2,1-3H3. The van der Waals surface area contributed by atoms with E-state index in [9.17, 15) is 13.2 Å². The molecule has 2 aromatic heterocycles. The van der Waals surface area contributed by atoms with Gasteiger partial charge in [-0.2, -0.15) is 22.7 Å². The Morgan fingerprint density at radius 1 is 1.20 bits per heavy atom. The number of alkyl halides is 3. The lowest BCUT2D eigenvalue weighted by Crippen LogP contribution is -2.53. The molecule has 0 spiro atoms. The van der Waals surface area contributed by atoms with Crippen molar-refractivity contribution in [3.63, 3.8) is 0 Å². The van der Waals surface area contributed by atoms with Crippen LogP contribution in [0.4, 0.5) is 19.0 Å². The summed E-state index contributed by atoms with van der Waals surface area (Å²) in [6, 6.07) is 1.66. The Labute approximate surface area is 143 Å². The molecule has 3 heterocycles. The highest BCUT2D eigenvalue weighted by atomic mass is 19.4. The average Bonchev–Trinajstić information content (AvgIpc) is 2.97. The number of nitrogens with one attached hydrogen (secondary N) is 1. The van der Waals surface area contributed by atoms with E-state index in [0.29, 0.717) is 31.3 Å². The molecule has 2 aromatic rings. The molecule has 0 aliphatic carbocycles. The zero-order valence-corrected chi connectivity index (χ0v) is 14.4. The van der Waals surface area contributed by atoms with Gasteiger partial charge in [0.05, 0.1) is 13.2 Å². The van der Waals surface area contributed by atoms with Crippen molar-refractivity contribution in [3.05, 3.63) is 17.6 Å². The van der Waals surface area contributed by atoms with E-state index in [1.807, 2.05) is 0 Å². The lowest BCUT2D eigenvalue weighted by Gasteiger charge is -2.41. The molecule has 25 heavy (non-hydrogen) atoms. The number of hydrogen-bond donors (Lipinski definition) is 1. The fourth-order valence-electron chi connectivity index (χ4n) is 2.82. The minimum absolute atomic E-state index is 0.0704. The molecule has 1 saturated heterocycles. The van der Waals surface area contributed by atoms with Crippen molar-refractivity contribution < 1.29 is 17.9 Å². The zero-order chi connectivity index (χ0) is 18.2. The topological polar surface area (TPSA) is 67.6 Å². The van der Waals surface area contributed by atoms with E-state index in [1.165, 1.54) is 0 Å². The van der Waals surface area contributed by atoms with Gasteiger partial charge in [0.2, 0.25) is 0 Å². The number of halogens is 3. The molecule has 0 radical (unpaired) electrons. The number of aromatic nitrogens is 4. The van der Waals surface area contributed by atoms with Crippen molar-refractivity contribution in [3.8, 4) is 0 Å². The highest BCUT2D eigenvalue weighted by molar-refractivity contribution is 5.45. The maximum atomic E-state index is 12.9. The Bertz CT molecular complexity index is 752. The lowest BCUT2D eigenvalue weighted by atomic mass is 10.0. The average molecular weight is 358 g/mol. The molecule has 0 aromatic carbocycles. The molecule has 0 unspecified atom stereocenters. The number of ether oxygens (including phenoxy) is 1. The summed E-state index contributed by atoms with van der Waals surface area (Å²) in [4.78, 5) is 9.80. The molecule has 0 amide bonds. The molecule has 10 heteroatoms. The fourth-order valence-corrected chi connectivity index (χ4v) is 2.82. The first-order valence-corrected chi connectivity index (χ1v) is 8.05. The highest BCUT2D eigenvalue weighted by Gasteiger charge is 2.37. The molecule has 1 aliphatic heterocycles. The van der Waals surface area contributed by atoms with Crippen LogP contribution in [0.15, 0.2) is 6.07 Å². The minimum Gasteiger partial charge on any atom is -0.379 e. The summed E-state index contributed by atoms with van der Waals surface area (Å²) in [5.41, 5.74) is 0.376. The number of morpholine rings is 1. The van der Waals surface area contributed by atoms with Gasteiger partial charge >= 0.3 is 6.18 Å². The van der Waals surface area contributed by atoms with Crippen LogP contribution in [-0.4, -0.2) is 62.9 Å². The van der Waals surface area contributed by atoms with Gasteiger partial charge < -0.3 is 10.1 Å².